The number of hydrogen-bond donors (Lipinski definition) is 6. The van der Waals surface area contributed by atoms with E-state index in [4.69, 9.17) is 15.5 Å². The topological polar surface area (TPSA) is 142 Å². The summed E-state index contributed by atoms with van der Waals surface area (Å²) >= 11 is 0. The van der Waals surface area contributed by atoms with Crippen LogP contribution >= 0.6 is 0 Å². The number of ether oxygens (including phenoxy) is 1. The molecule has 0 saturated carbocycles. The largest absolute Gasteiger partial charge is 0.504 e. The first-order valence-corrected chi connectivity index (χ1v) is 17.7. The van der Waals surface area contributed by atoms with Gasteiger partial charge in [0.25, 0.3) is 0 Å². The van der Waals surface area contributed by atoms with E-state index in [1.165, 1.54) is 16.7 Å². The number of aryl methyl sites for hydroxylation is 1. The van der Waals surface area contributed by atoms with Gasteiger partial charge in [-0.1, -0.05) is 56.2 Å². The summed E-state index contributed by atoms with van der Waals surface area (Å²) in [6, 6.07) is 9.25. The maximum Gasteiger partial charge on any atom is 0.247 e. The van der Waals surface area contributed by atoms with E-state index in [-0.39, 0.29) is 30.0 Å². The van der Waals surface area contributed by atoms with Crippen LogP contribution < -0.4 is 20.7 Å². The Balaban J connectivity index is 1.13. The number of quaternary nitrogens is 1. The summed E-state index contributed by atoms with van der Waals surface area (Å²) in [5.74, 6) is 7.15. The highest BCUT2D eigenvalue weighted by Crippen LogP contribution is 2.51. The highest BCUT2D eigenvalue weighted by molar-refractivity contribution is 6.08. The molecule has 5 aliphatic rings. The number of nitrogens with one attached hydrogen (secondary N) is 2. The van der Waals surface area contributed by atoms with Crippen molar-refractivity contribution in [2.45, 2.75) is 108 Å². The molecule has 9 heteroatoms. The second kappa shape index (κ2) is 14.0. The van der Waals surface area contributed by atoms with Gasteiger partial charge in [-0.25, -0.2) is 0 Å². The Morgan fingerprint density at radius 2 is 2.04 bits per heavy atom. The Kier molecular flexibility index (Phi) is 9.54. The number of aliphatic imine (C=N–C) groups is 1. The van der Waals surface area contributed by atoms with E-state index < -0.39 is 18.4 Å². The number of aliphatic hydroxyl groups excluding tert-OH is 2. The average Bonchev–Trinajstić information content (AvgIpc) is 3.67. The molecule has 4 aliphatic heterocycles. The van der Waals surface area contributed by atoms with E-state index in [1.54, 1.807) is 18.2 Å². The number of aromatic hydroxyl groups is 1. The molecule has 4 heterocycles. The first-order valence-electron chi connectivity index (χ1n) is 17.7. The first kappa shape index (κ1) is 32.8. The third-order valence-electron chi connectivity index (χ3n) is 10.7. The molecule has 2 bridgehead atoms. The summed E-state index contributed by atoms with van der Waals surface area (Å²) < 4.78 is 6.51. The number of aliphatic hydroxyl groups is 2. The summed E-state index contributed by atoms with van der Waals surface area (Å²) in [5.41, 5.74) is 15.1. The fraction of sp³-hybridized carbons (Fsp3) is 0.487. The second-order valence-electron chi connectivity index (χ2n) is 14.0. The molecule has 7 atom stereocenters. The molecule has 0 amide bonds. The van der Waals surface area contributed by atoms with Crippen LogP contribution in [0.1, 0.15) is 117 Å². The lowest BCUT2D eigenvalue weighted by molar-refractivity contribution is -0.882. The number of benzene rings is 2. The minimum absolute atomic E-state index is 0.0167. The summed E-state index contributed by atoms with van der Waals surface area (Å²) in [6.45, 7) is 3.57. The lowest BCUT2D eigenvalue weighted by Gasteiger charge is -2.40. The number of allylic oxidation sites excluding steroid dienone is 1. The van der Waals surface area contributed by atoms with Gasteiger partial charge in [0.2, 0.25) is 6.23 Å². The summed E-state index contributed by atoms with van der Waals surface area (Å²) in [5, 5.41) is 36.0. The number of nitrogens with zero attached hydrogens (tertiary/aromatic N) is 1. The Morgan fingerprint density at radius 3 is 2.90 bits per heavy atom. The van der Waals surface area contributed by atoms with Crippen LogP contribution in [0.4, 0.5) is 0 Å². The highest BCUT2D eigenvalue weighted by Gasteiger charge is 2.43. The van der Waals surface area contributed by atoms with Crippen molar-refractivity contribution >= 4 is 11.5 Å². The van der Waals surface area contributed by atoms with Crippen LogP contribution in [0, 0.1) is 11.8 Å². The fourth-order valence-corrected chi connectivity index (χ4v) is 8.17. The number of phenolic OH excluding ortho intramolecular Hbond substituents is 1. The number of nitrogens with two attached hydrogens (primary N) is 1. The van der Waals surface area contributed by atoms with Crippen LogP contribution in [0.5, 0.6) is 11.5 Å². The zero-order chi connectivity index (χ0) is 33.4. The number of rotatable bonds is 11. The molecule has 48 heavy (non-hydrogen) atoms. The lowest BCUT2D eigenvalue weighted by atomic mass is 9.67. The number of phenols is 1. The lowest BCUT2D eigenvalue weighted by Crippen LogP contribution is -3.12. The van der Waals surface area contributed by atoms with Gasteiger partial charge >= 0.3 is 0 Å². The number of Topliss-reactive ketones (excluding diaryl/α,β-unsaturated/α-hetero) is 1. The van der Waals surface area contributed by atoms with Gasteiger partial charge in [-0.05, 0) is 77.1 Å². The minimum Gasteiger partial charge on any atom is -0.504 e. The molecule has 0 radical (unpaired) electrons. The van der Waals surface area contributed by atoms with Crippen molar-refractivity contribution in [3.05, 3.63) is 81.7 Å². The quantitative estimate of drug-likeness (QED) is 0.161. The molecule has 2 aromatic rings. The van der Waals surface area contributed by atoms with Crippen molar-refractivity contribution in [3.8, 4) is 23.3 Å². The zero-order valence-electron chi connectivity index (χ0n) is 27.7. The molecule has 7 rings (SSSR count). The van der Waals surface area contributed by atoms with Crippen molar-refractivity contribution in [2.75, 3.05) is 13.1 Å². The van der Waals surface area contributed by atoms with Crippen molar-refractivity contribution in [3.63, 3.8) is 0 Å². The summed E-state index contributed by atoms with van der Waals surface area (Å²) in [6.07, 6.45) is 8.94. The fourth-order valence-electron chi connectivity index (χ4n) is 8.17. The number of fused-ring (bicyclic) bond motifs is 2. The van der Waals surface area contributed by atoms with E-state index in [9.17, 15) is 20.1 Å². The molecule has 9 nitrogen and oxygen atoms in total. The molecule has 7 N–H and O–H groups in total. The van der Waals surface area contributed by atoms with Gasteiger partial charge in [-0.15, -0.1) is 0 Å². The summed E-state index contributed by atoms with van der Waals surface area (Å²) in [4.78, 5) is 18.5. The highest BCUT2D eigenvalue weighted by atomic mass is 16.5. The maximum absolute atomic E-state index is 12.6. The van der Waals surface area contributed by atoms with E-state index >= 15 is 0 Å². The number of unbranched alkanes of at least 4 members (excludes halogenated alkanes) is 2. The molecular formula is C39H47N4O5+. The predicted molar refractivity (Wildman–Crippen MR) is 183 cm³/mol. The number of ketones is 1. The molecule has 0 fully saturated rings. The second-order valence-corrected chi connectivity index (χ2v) is 14.0. The number of carbonyl (C=O) groups excluding carboxylic acids is 1. The average molecular weight is 652 g/mol. The van der Waals surface area contributed by atoms with Crippen LogP contribution in [0.2, 0.25) is 0 Å². The van der Waals surface area contributed by atoms with Crippen molar-refractivity contribution in [1.82, 2.24) is 5.32 Å². The first-order chi connectivity index (χ1) is 23.3. The van der Waals surface area contributed by atoms with Gasteiger partial charge in [0.15, 0.2) is 11.5 Å². The van der Waals surface area contributed by atoms with Crippen LogP contribution in [0.15, 0.2) is 58.9 Å². The van der Waals surface area contributed by atoms with Gasteiger partial charge in [0, 0.05) is 31.5 Å². The van der Waals surface area contributed by atoms with E-state index in [0.717, 1.165) is 71.5 Å². The molecule has 1 aliphatic carbocycles. The van der Waals surface area contributed by atoms with Crippen LogP contribution in [-0.4, -0.2) is 52.2 Å². The Bertz CT molecular complexity index is 1740. The van der Waals surface area contributed by atoms with Crippen molar-refractivity contribution in [2.24, 2.45) is 10.7 Å². The predicted octanol–water partition coefficient (Wildman–Crippen LogP) is 3.71. The Labute approximate surface area is 282 Å². The molecule has 2 aromatic carbocycles. The van der Waals surface area contributed by atoms with E-state index in [0.29, 0.717) is 43.9 Å². The monoisotopic (exact) mass is 651 g/mol. The zero-order valence-corrected chi connectivity index (χ0v) is 27.7. The minimum atomic E-state index is -0.962. The standard InChI is InChI=1S/C39H46N4O5/c1-2-3-4-6-25(44)18-26(45)12-9-23-10-16-34(47)35(17-23)48-36-8-5-7-33(46)28-14-15-29-37-24(19-42-39(29)40)11-13-27(38(28)37)30-20-41-32-22-43(36)21-31(30)32/h10,14-17,20-21,24-25,27,33,36,39,42,44,46-47H,2-4,6,8-9,11-13,18-19,22,40H2,1H3/p+1. The van der Waals surface area contributed by atoms with Crippen molar-refractivity contribution in [1.29, 1.82) is 0 Å². The SMILES string of the molecule is CCCCCC(O)CC(=O)CCc1ccc(O)c(OC2CC#CC(O)c3ccc4c5c3C(CCC5CNC4N)C3=CN=C4C[NH+]2C=C34)c1. The number of carbonyl (C=O) groups is 1. The van der Waals surface area contributed by atoms with E-state index in [2.05, 4.69) is 30.3 Å². The molecule has 0 aromatic heterocycles. The van der Waals surface area contributed by atoms with E-state index in [1.807, 2.05) is 18.3 Å². The van der Waals surface area contributed by atoms with Gasteiger partial charge in [0.05, 0.1) is 17.8 Å². The third-order valence-corrected chi connectivity index (χ3v) is 10.7. The smallest absolute Gasteiger partial charge is 0.247 e. The molecule has 0 spiro atoms. The van der Waals surface area contributed by atoms with Gasteiger partial charge in [-0.3, -0.25) is 20.0 Å². The Morgan fingerprint density at radius 1 is 1.19 bits per heavy atom. The Hall–Kier alpha value is -3.78. The molecule has 252 valence electrons. The van der Waals surface area contributed by atoms with Crippen LogP contribution in [-0.2, 0) is 11.2 Å². The summed E-state index contributed by atoms with van der Waals surface area (Å²) in [7, 11) is 0. The molecule has 7 unspecified atom stereocenters. The molecular weight excluding hydrogens is 604 g/mol. The normalized spacial score (nSPS) is 27.3. The van der Waals surface area contributed by atoms with Crippen molar-refractivity contribution < 1.29 is 29.8 Å². The van der Waals surface area contributed by atoms with Crippen LogP contribution in [0.25, 0.3) is 0 Å². The van der Waals surface area contributed by atoms with Gasteiger partial charge < -0.3 is 25.8 Å². The third kappa shape index (κ3) is 6.48. The maximum atomic E-state index is 12.6. The number of hydrogen-bond acceptors (Lipinski definition) is 8. The molecule has 0 saturated heterocycles. The van der Waals surface area contributed by atoms with Gasteiger partial charge in [0.1, 0.15) is 36.8 Å². The van der Waals surface area contributed by atoms with Crippen LogP contribution in [0.3, 0.4) is 0 Å². The van der Waals surface area contributed by atoms with Gasteiger partial charge in [-0.2, -0.15) is 0 Å².